The summed E-state index contributed by atoms with van der Waals surface area (Å²) < 4.78 is 31.1. The lowest BCUT2D eigenvalue weighted by Gasteiger charge is -2.15. The van der Waals surface area contributed by atoms with Crippen molar-refractivity contribution in [1.29, 1.82) is 0 Å². The van der Waals surface area contributed by atoms with Gasteiger partial charge in [0.1, 0.15) is 18.0 Å². The standard InChI is InChI=1S/C25H25N3O4S/c1-17-7-12-24-27-21(15-28(24)14-17)16-32-22-6-4-5-20(13-22)25(29)26-18(2)19-8-10-23(11-9-19)33(3,30)31/h4-15,18H,16H2,1-3H3,(H,26,29). The summed E-state index contributed by atoms with van der Waals surface area (Å²) in [5, 5.41) is 2.94. The third-order valence-corrected chi connectivity index (χ3v) is 6.42. The molecule has 2 heterocycles. The molecule has 1 atom stereocenters. The van der Waals surface area contributed by atoms with Crippen LogP contribution in [-0.4, -0.2) is 30.0 Å². The molecule has 0 fully saturated rings. The molecule has 170 valence electrons. The van der Waals surface area contributed by atoms with E-state index >= 15 is 0 Å². The molecule has 0 aliphatic heterocycles. The smallest absolute Gasteiger partial charge is 0.251 e. The Bertz CT molecular complexity index is 1410. The predicted molar refractivity (Wildman–Crippen MR) is 126 cm³/mol. The fourth-order valence-electron chi connectivity index (χ4n) is 3.48. The Morgan fingerprint density at radius 1 is 1.09 bits per heavy atom. The quantitative estimate of drug-likeness (QED) is 0.445. The largest absolute Gasteiger partial charge is 0.487 e. The summed E-state index contributed by atoms with van der Waals surface area (Å²) in [4.78, 5) is 17.5. The maximum atomic E-state index is 12.8. The van der Waals surface area contributed by atoms with Gasteiger partial charge in [-0.15, -0.1) is 0 Å². The Balaban J connectivity index is 1.40. The molecule has 0 spiro atoms. The number of carbonyl (C=O) groups excluding carboxylic acids is 1. The molecule has 1 N–H and O–H groups in total. The first kappa shape index (κ1) is 22.5. The number of fused-ring (bicyclic) bond motifs is 1. The van der Waals surface area contributed by atoms with Crippen LogP contribution in [0, 0.1) is 6.92 Å². The first-order valence-electron chi connectivity index (χ1n) is 10.5. The average Bonchev–Trinajstić information content (AvgIpc) is 3.19. The van der Waals surface area contributed by atoms with Gasteiger partial charge in [0.2, 0.25) is 0 Å². The van der Waals surface area contributed by atoms with Gasteiger partial charge in [-0.2, -0.15) is 0 Å². The van der Waals surface area contributed by atoms with Crippen molar-refractivity contribution in [1.82, 2.24) is 14.7 Å². The molecule has 0 saturated heterocycles. The van der Waals surface area contributed by atoms with Crippen LogP contribution in [0.1, 0.15) is 40.1 Å². The molecule has 2 aromatic carbocycles. The van der Waals surface area contributed by atoms with Gasteiger partial charge in [-0.25, -0.2) is 13.4 Å². The van der Waals surface area contributed by atoms with E-state index in [1.165, 1.54) is 0 Å². The van der Waals surface area contributed by atoms with Gasteiger partial charge in [-0.05, 0) is 61.4 Å². The normalized spacial score (nSPS) is 12.5. The van der Waals surface area contributed by atoms with Crippen molar-refractivity contribution in [3.05, 3.63) is 95.4 Å². The molecule has 0 bridgehead atoms. The third-order valence-electron chi connectivity index (χ3n) is 5.29. The molecular weight excluding hydrogens is 438 g/mol. The van der Waals surface area contributed by atoms with Crippen molar-refractivity contribution in [2.24, 2.45) is 0 Å². The predicted octanol–water partition coefficient (Wildman–Crippen LogP) is 4.12. The van der Waals surface area contributed by atoms with E-state index in [-0.39, 0.29) is 23.5 Å². The number of rotatable bonds is 7. The molecule has 4 aromatic rings. The summed E-state index contributed by atoms with van der Waals surface area (Å²) >= 11 is 0. The molecule has 0 aliphatic rings. The highest BCUT2D eigenvalue weighted by Crippen LogP contribution is 2.19. The first-order chi connectivity index (χ1) is 15.7. The number of nitrogens with one attached hydrogen (secondary N) is 1. The van der Waals surface area contributed by atoms with Crippen LogP contribution >= 0.6 is 0 Å². The summed E-state index contributed by atoms with van der Waals surface area (Å²) in [5.41, 5.74) is 4.07. The minimum absolute atomic E-state index is 0.246. The Kier molecular flexibility index (Phi) is 6.20. The number of nitrogens with zero attached hydrogens (tertiary/aromatic N) is 2. The van der Waals surface area contributed by atoms with Crippen LogP contribution in [0.15, 0.2) is 78.0 Å². The van der Waals surface area contributed by atoms with E-state index in [1.807, 2.05) is 42.8 Å². The lowest BCUT2D eigenvalue weighted by atomic mass is 10.1. The van der Waals surface area contributed by atoms with Crippen LogP contribution in [0.3, 0.4) is 0 Å². The van der Waals surface area contributed by atoms with Gasteiger partial charge in [-0.3, -0.25) is 4.79 Å². The van der Waals surface area contributed by atoms with Crippen LogP contribution in [-0.2, 0) is 16.4 Å². The van der Waals surface area contributed by atoms with Crippen LogP contribution in [0.5, 0.6) is 5.75 Å². The first-order valence-corrected chi connectivity index (χ1v) is 12.4. The molecule has 1 amide bonds. The number of sulfone groups is 1. The number of aromatic nitrogens is 2. The van der Waals surface area contributed by atoms with Gasteiger partial charge in [-0.1, -0.05) is 24.3 Å². The van der Waals surface area contributed by atoms with E-state index < -0.39 is 9.84 Å². The highest BCUT2D eigenvalue weighted by molar-refractivity contribution is 7.90. The topological polar surface area (TPSA) is 89.8 Å². The summed E-state index contributed by atoms with van der Waals surface area (Å²) in [6.45, 7) is 4.16. The summed E-state index contributed by atoms with van der Waals surface area (Å²) in [5.74, 6) is 0.324. The minimum atomic E-state index is -3.26. The number of amides is 1. The number of carbonyl (C=O) groups is 1. The van der Waals surface area contributed by atoms with Gasteiger partial charge in [0.15, 0.2) is 9.84 Å². The Morgan fingerprint density at radius 3 is 2.58 bits per heavy atom. The molecule has 0 aliphatic carbocycles. The second kappa shape index (κ2) is 9.07. The van der Waals surface area contributed by atoms with Crippen molar-refractivity contribution < 1.29 is 17.9 Å². The maximum Gasteiger partial charge on any atom is 0.251 e. The van der Waals surface area contributed by atoms with E-state index in [4.69, 9.17) is 4.74 Å². The van der Waals surface area contributed by atoms with E-state index in [2.05, 4.69) is 10.3 Å². The lowest BCUT2D eigenvalue weighted by Crippen LogP contribution is -2.26. The Labute approximate surface area is 193 Å². The van der Waals surface area contributed by atoms with Crippen molar-refractivity contribution in [3.8, 4) is 5.75 Å². The van der Waals surface area contributed by atoms with Crippen molar-refractivity contribution in [3.63, 3.8) is 0 Å². The van der Waals surface area contributed by atoms with Crippen LogP contribution in [0.4, 0.5) is 0 Å². The fourth-order valence-corrected chi connectivity index (χ4v) is 4.11. The molecule has 7 nitrogen and oxygen atoms in total. The number of pyridine rings is 1. The van der Waals surface area contributed by atoms with Crippen LogP contribution in [0.2, 0.25) is 0 Å². The molecule has 33 heavy (non-hydrogen) atoms. The number of benzene rings is 2. The third kappa shape index (κ3) is 5.40. The zero-order valence-corrected chi connectivity index (χ0v) is 19.5. The van der Waals surface area contributed by atoms with Gasteiger partial charge < -0.3 is 14.5 Å². The second-order valence-corrected chi connectivity index (χ2v) is 10.1. The van der Waals surface area contributed by atoms with E-state index in [0.29, 0.717) is 11.3 Å². The highest BCUT2D eigenvalue weighted by Gasteiger charge is 2.14. The summed E-state index contributed by atoms with van der Waals surface area (Å²) in [6.07, 6.45) is 5.10. The van der Waals surface area contributed by atoms with Crippen LogP contribution in [0.25, 0.3) is 5.65 Å². The van der Waals surface area contributed by atoms with Crippen LogP contribution < -0.4 is 10.1 Å². The highest BCUT2D eigenvalue weighted by atomic mass is 32.2. The Morgan fingerprint density at radius 2 is 1.85 bits per heavy atom. The van der Waals surface area contributed by atoms with Gasteiger partial charge in [0.05, 0.1) is 16.6 Å². The molecule has 4 rings (SSSR count). The molecular formula is C25H25N3O4S. The second-order valence-electron chi connectivity index (χ2n) is 8.06. The molecule has 0 radical (unpaired) electrons. The SMILES string of the molecule is Cc1ccc2nc(COc3cccc(C(=O)NC(C)c4ccc(S(C)(=O)=O)cc4)c3)cn2c1. The van der Waals surface area contributed by atoms with E-state index in [1.54, 1.807) is 48.5 Å². The van der Waals surface area contributed by atoms with Crippen molar-refractivity contribution >= 4 is 21.4 Å². The minimum Gasteiger partial charge on any atom is -0.487 e. The molecule has 8 heteroatoms. The summed E-state index contributed by atoms with van der Waals surface area (Å²) in [7, 11) is -3.26. The zero-order valence-electron chi connectivity index (χ0n) is 18.6. The Hall–Kier alpha value is -3.65. The monoisotopic (exact) mass is 463 g/mol. The number of ether oxygens (including phenoxy) is 1. The van der Waals surface area contributed by atoms with Crippen molar-refractivity contribution in [2.75, 3.05) is 6.26 Å². The molecule has 1 unspecified atom stereocenters. The van der Waals surface area contributed by atoms with Gasteiger partial charge >= 0.3 is 0 Å². The lowest BCUT2D eigenvalue weighted by molar-refractivity contribution is 0.0939. The van der Waals surface area contributed by atoms with E-state index in [9.17, 15) is 13.2 Å². The average molecular weight is 464 g/mol. The zero-order chi connectivity index (χ0) is 23.6. The fraction of sp³-hybridized carbons (Fsp3) is 0.200. The van der Waals surface area contributed by atoms with Crippen molar-refractivity contribution in [2.45, 2.75) is 31.4 Å². The van der Waals surface area contributed by atoms with Gasteiger partial charge in [0.25, 0.3) is 5.91 Å². The van der Waals surface area contributed by atoms with E-state index in [0.717, 1.165) is 28.7 Å². The number of hydrogen-bond donors (Lipinski definition) is 1. The molecule has 2 aromatic heterocycles. The molecule has 0 saturated carbocycles. The number of imidazole rings is 1. The summed E-state index contributed by atoms with van der Waals surface area (Å²) in [6, 6.07) is 17.1. The maximum absolute atomic E-state index is 12.8. The number of aryl methyl sites for hydroxylation is 1. The number of hydrogen-bond acceptors (Lipinski definition) is 5. The van der Waals surface area contributed by atoms with Gasteiger partial charge in [0, 0.05) is 24.2 Å².